The van der Waals surface area contributed by atoms with Crippen LogP contribution in [0.5, 0.6) is 6.01 Å². The number of aryl methyl sites for hydroxylation is 2. The molecule has 0 saturated carbocycles. The maximum Gasteiger partial charge on any atom is 0.337 e. The van der Waals surface area contributed by atoms with Gasteiger partial charge in [-0.1, -0.05) is 42.8 Å². The highest BCUT2D eigenvalue weighted by molar-refractivity contribution is 6.02. The van der Waals surface area contributed by atoms with E-state index in [2.05, 4.69) is 21.2 Å². The average molecular weight is 365 g/mol. The van der Waals surface area contributed by atoms with Crippen molar-refractivity contribution in [3.05, 3.63) is 67.8 Å². The SMILES string of the molecule is CCCc1cc(=O)oc2nc(O/N=C3/CCCc4ccccc43)[nH]c(=O)c12. The van der Waals surface area contributed by atoms with E-state index in [9.17, 15) is 9.59 Å². The topological polar surface area (TPSA) is 97.5 Å². The molecular formula is C20H19N3O4. The van der Waals surface area contributed by atoms with E-state index in [1.54, 1.807) is 0 Å². The first-order chi connectivity index (χ1) is 13.2. The minimum absolute atomic E-state index is 0.0334. The van der Waals surface area contributed by atoms with Crippen LogP contribution in [0, 0.1) is 0 Å². The molecule has 0 amide bonds. The Labute approximate surface area is 154 Å². The van der Waals surface area contributed by atoms with Crippen LogP contribution in [0.25, 0.3) is 11.1 Å². The van der Waals surface area contributed by atoms with E-state index in [1.807, 2.05) is 25.1 Å². The number of H-pyrrole nitrogens is 1. The zero-order chi connectivity index (χ0) is 18.8. The van der Waals surface area contributed by atoms with Gasteiger partial charge in [-0.25, -0.2) is 4.79 Å². The molecule has 0 atom stereocenters. The van der Waals surface area contributed by atoms with Gasteiger partial charge in [-0.15, -0.1) is 0 Å². The molecule has 0 fully saturated rings. The molecule has 2 heterocycles. The fourth-order valence-corrected chi connectivity index (χ4v) is 3.43. The lowest BCUT2D eigenvalue weighted by atomic mass is 9.90. The number of hydrogen-bond donors (Lipinski definition) is 1. The van der Waals surface area contributed by atoms with E-state index in [4.69, 9.17) is 9.25 Å². The quantitative estimate of drug-likeness (QED) is 0.717. The van der Waals surface area contributed by atoms with Crippen molar-refractivity contribution in [3.8, 4) is 6.01 Å². The molecule has 1 aliphatic carbocycles. The molecule has 138 valence electrons. The summed E-state index contributed by atoms with van der Waals surface area (Å²) in [7, 11) is 0. The number of rotatable bonds is 4. The monoisotopic (exact) mass is 365 g/mol. The first kappa shape index (κ1) is 17.2. The van der Waals surface area contributed by atoms with Crippen molar-refractivity contribution in [3.63, 3.8) is 0 Å². The zero-order valence-corrected chi connectivity index (χ0v) is 14.9. The van der Waals surface area contributed by atoms with Crippen LogP contribution < -0.4 is 16.0 Å². The first-order valence-corrected chi connectivity index (χ1v) is 9.05. The highest BCUT2D eigenvalue weighted by atomic mass is 16.6. The van der Waals surface area contributed by atoms with Gasteiger partial charge in [-0.2, -0.15) is 4.98 Å². The molecule has 1 N–H and O–H groups in total. The Balaban J connectivity index is 1.72. The summed E-state index contributed by atoms with van der Waals surface area (Å²) in [5.74, 6) is 0. The van der Waals surface area contributed by atoms with Crippen LogP contribution in [-0.2, 0) is 12.8 Å². The lowest BCUT2D eigenvalue weighted by Gasteiger charge is -2.16. The molecule has 0 unspecified atom stereocenters. The minimum Gasteiger partial charge on any atom is -0.403 e. The number of fused-ring (bicyclic) bond motifs is 2. The fraction of sp³-hybridized carbons (Fsp3) is 0.300. The lowest BCUT2D eigenvalue weighted by molar-refractivity contribution is 0.309. The normalized spacial score (nSPS) is 15.1. The van der Waals surface area contributed by atoms with Gasteiger partial charge in [0.05, 0.1) is 5.71 Å². The molecule has 3 aromatic rings. The van der Waals surface area contributed by atoms with E-state index in [-0.39, 0.29) is 17.1 Å². The second kappa shape index (κ2) is 7.19. The smallest absolute Gasteiger partial charge is 0.337 e. The van der Waals surface area contributed by atoms with Gasteiger partial charge in [0.2, 0.25) is 5.71 Å². The predicted octanol–water partition coefficient (Wildman–Crippen LogP) is 2.95. The van der Waals surface area contributed by atoms with E-state index in [0.29, 0.717) is 12.0 Å². The second-order valence-electron chi connectivity index (χ2n) is 6.53. The van der Waals surface area contributed by atoms with Gasteiger partial charge < -0.3 is 9.25 Å². The van der Waals surface area contributed by atoms with Gasteiger partial charge in [0.1, 0.15) is 5.39 Å². The molecular weight excluding hydrogens is 346 g/mol. The Morgan fingerprint density at radius 3 is 2.96 bits per heavy atom. The molecule has 0 saturated heterocycles. The third kappa shape index (κ3) is 3.40. The Kier molecular flexibility index (Phi) is 4.58. The Hall–Kier alpha value is -3.22. The Morgan fingerprint density at radius 2 is 2.11 bits per heavy atom. The molecule has 0 aliphatic heterocycles. The Morgan fingerprint density at radius 1 is 1.26 bits per heavy atom. The molecule has 0 radical (unpaired) electrons. The van der Waals surface area contributed by atoms with Crippen molar-refractivity contribution in [2.45, 2.75) is 39.0 Å². The molecule has 1 aliphatic rings. The highest BCUT2D eigenvalue weighted by Gasteiger charge is 2.17. The maximum atomic E-state index is 12.5. The minimum atomic E-state index is -0.539. The van der Waals surface area contributed by atoms with Crippen LogP contribution in [0.2, 0.25) is 0 Å². The number of nitrogens with one attached hydrogen (secondary N) is 1. The van der Waals surface area contributed by atoms with Gasteiger partial charge in [0.15, 0.2) is 0 Å². The zero-order valence-electron chi connectivity index (χ0n) is 14.9. The van der Waals surface area contributed by atoms with Crippen molar-refractivity contribution in [1.29, 1.82) is 0 Å². The first-order valence-electron chi connectivity index (χ1n) is 9.05. The van der Waals surface area contributed by atoms with Crippen LogP contribution in [0.1, 0.15) is 42.9 Å². The van der Waals surface area contributed by atoms with Crippen LogP contribution in [0.4, 0.5) is 0 Å². The van der Waals surface area contributed by atoms with Crippen LogP contribution in [-0.4, -0.2) is 15.7 Å². The molecule has 4 rings (SSSR count). The maximum absolute atomic E-state index is 12.5. The van der Waals surface area contributed by atoms with Crippen molar-refractivity contribution < 1.29 is 9.25 Å². The van der Waals surface area contributed by atoms with Crippen molar-refractivity contribution >= 4 is 16.8 Å². The van der Waals surface area contributed by atoms with Gasteiger partial charge in [0.25, 0.3) is 5.56 Å². The Bertz CT molecular complexity index is 1140. The summed E-state index contributed by atoms with van der Waals surface area (Å²) in [4.78, 5) is 36.3. The highest BCUT2D eigenvalue weighted by Crippen LogP contribution is 2.22. The number of oxime groups is 1. The molecule has 0 spiro atoms. The molecule has 1 aromatic carbocycles. The summed E-state index contributed by atoms with van der Waals surface area (Å²) >= 11 is 0. The number of aromatic amines is 1. The average Bonchev–Trinajstić information content (AvgIpc) is 2.66. The van der Waals surface area contributed by atoms with Crippen molar-refractivity contribution in [2.24, 2.45) is 5.16 Å². The second-order valence-corrected chi connectivity index (χ2v) is 6.53. The van der Waals surface area contributed by atoms with Gasteiger partial charge in [0, 0.05) is 11.6 Å². The number of nitrogens with zero attached hydrogens (tertiary/aromatic N) is 2. The third-order valence-electron chi connectivity index (χ3n) is 4.62. The number of hydrogen-bond acceptors (Lipinski definition) is 6. The van der Waals surface area contributed by atoms with E-state index in [1.165, 1.54) is 11.6 Å². The van der Waals surface area contributed by atoms with Crippen LogP contribution in [0.15, 0.2) is 49.5 Å². The molecule has 7 heteroatoms. The van der Waals surface area contributed by atoms with E-state index in [0.717, 1.165) is 37.0 Å². The summed E-state index contributed by atoms with van der Waals surface area (Å²) < 4.78 is 5.10. The largest absolute Gasteiger partial charge is 0.403 e. The molecule has 7 nitrogen and oxygen atoms in total. The van der Waals surface area contributed by atoms with E-state index >= 15 is 0 Å². The number of benzene rings is 1. The van der Waals surface area contributed by atoms with Gasteiger partial charge in [-0.05, 0) is 36.8 Å². The summed E-state index contributed by atoms with van der Waals surface area (Å²) in [6, 6.07) is 9.27. The lowest BCUT2D eigenvalue weighted by Crippen LogP contribution is -2.16. The standard InChI is InChI=1S/C20H19N3O4/c1-2-6-13-11-16(24)26-19-17(13)18(25)21-20(22-19)27-23-15-10-5-8-12-7-3-4-9-14(12)15/h3-4,7,9,11H,2,5-6,8,10H2,1H3,(H,21,22,25)/b23-15-. The van der Waals surface area contributed by atoms with Crippen molar-refractivity contribution in [1.82, 2.24) is 9.97 Å². The van der Waals surface area contributed by atoms with Crippen LogP contribution >= 0.6 is 0 Å². The molecule has 27 heavy (non-hydrogen) atoms. The molecule has 0 bridgehead atoms. The number of aromatic nitrogens is 2. The fourth-order valence-electron chi connectivity index (χ4n) is 3.43. The van der Waals surface area contributed by atoms with Gasteiger partial charge in [-0.3, -0.25) is 9.78 Å². The molecule has 2 aromatic heterocycles. The van der Waals surface area contributed by atoms with E-state index < -0.39 is 11.2 Å². The summed E-state index contributed by atoms with van der Waals surface area (Å²) in [6.45, 7) is 1.97. The van der Waals surface area contributed by atoms with Crippen LogP contribution in [0.3, 0.4) is 0 Å². The summed E-state index contributed by atoms with van der Waals surface area (Å²) in [5, 5.41) is 4.47. The predicted molar refractivity (Wildman–Crippen MR) is 101 cm³/mol. The third-order valence-corrected chi connectivity index (χ3v) is 4.62. The van der Waals surface area contributed by atoms with Gasteiger partial charge >= 0.3 is 11.6 Å². The summed E-state index contributed by atoms with van der Waals surface area (Å²) in [5.41, 5.74) is 2.71. The van der Waals surface area contributed by atoms with Crippen molar-refractivity contribution in [2.75, 3.05) is 0 Å². The summed E-state index contributed by atoms with van der Waals surface area (Å²) in [6.07, 6.45) is 4.15.